The van der Waals surface area contributed by atoms with Crippen molar-refractivity contribution >= 4 is 34.2 Å². The molecule has 4 aromatic rings. The number of β-lactam (4-membered cyclic amide) rings is 1. The number of aromatic nitrogens is 3. The van der Waals surface area contributed by atoms with Gasteiger partial charge >= 0.3 is 0 Å². The van der Waals surface area contributed by atoms with E-state index in [0.29, 0.717) is 23.3 Å². The molecule has 1 aliphatic heterocycles. The number of methoxy groups -OCH3 is 2. The van der Waals surface area contributed by atoms with Gasteiger partial charge in [0.25, 0.3) is 0 Å². The van der Waals surface area contributed by atoms with Gasteiger partial charge in [0.15, 0.2) is 0 Å². The Kier molecular flexibility index (Phi) is 6.40. The Bertz CT molecular complexity index is 1500. The maximum atomic E-state index is 12.9. The average Bonchev–Trinajstić information content (AvgIpc) is 3.45. The normalized spacial score (nSPS) is 21.7. The molecule has 38 heavy (non-hydrogen) atoms. The standard InChI is InChI=1S/C29H31ClN4O4/c1-16-28(17(2)38-32-16)18-5-11-24-23(13-18)31-29(34(24)19-6-9-21(36-3)10-7-19)25-15-27(35)33(25)20-8-12-26(37-4)22(30)14-20/h5,8,11-14,19,21,25H,6-7,9-10,15H2,1-4H3/t19?,21?,25-/m0/s1. The molecular formula is C29H31ClN4O4. The first kappa shape index (κ1) is 24.9. The summed E-state index contributed by atoms with van der Waals surface area (Å²) in [6.07, 6.45) is 4.68. The van der Waals surface area contributed by atoms with Crippen molar-refractivity contribution in [2.75, 3.05) is 19.1 Å². The summed E-state index contributed by atoms with van der Waals surface area (Å²) in [6, 6.07) is 11.9. The summed E-state index contributed by atoms with van der Waals surface area (Å²) in [5, 5.41) is 4.60. The van der Waals surface area contributed by atoms with E-state index in [9.17, 15) is 4.79 Å². The zero-order chi connectivity index (χ0) is 26.6. The van der Waals surface area contributed by atoms with Crippen LogP contribution in [0.4, 0.5) is 5.69 Å². The van der Waals surface area contributed by atoms with E-state index in [0.717, 1.165) is 70.8 Å². The van der Waals surface area contributed by atoms with Gasteiger partial charge in [-0.2, -0.15) is 0 Å². The lowest BCUT2D eigenvalue weighted by Crippen LogP contribution is -2.48. The Labute approximate surface area is 226 Å². The fraction of sp³-hybridized carbons (Fsp3) is 0.414. The molecule has 1 aliphatic carbocycles. The van der Waals surface area contributed by atoms with E-state index in [1.165, 1.54) is 0 Å². The Morgan fingerprint density at radius 1 is 1.05 bits per heavy atom. The van der Waals surface area contributed by atoms with Crippen molar-refractivity contribution in [2.24, 2.45) is 0 Å². The predicted molar refractivity (Wildman–Crippen MR) is 146 cm³/mol. The van der Waals surface area contributed by atoms with Crippen LogP contribution in [0.5, 0.6) is 5.75 Å². The molecule has 1 amide bonds. The van der Waals surface area contributed by atoms with Gasteiger partial charge in [-0.05, 0) is 75.4 Å². The first-order chi connectivity index (χ1) is 18.4. The predicted octanol–water partition coefficient (Wildman–Crippen LogP) is 6.58. The highest BCUT2D eigenvalue weighted by molar-refractivity contribution is 6.32. The number of aryl methyl sites for hydroxylation is 2. The first-order valence-electron chi connectivity index (χ1n) is 13.0. The Hall–Kier alpha value is -3.36. The number of anilines is 1. The number of amides is 1. The highest BCUT2D eigenvalue weighted by Crippen LogP contribution is 2.44. The van der Waals surface area contributed by atoms with Gasteiger partial charge in [0.2, 0.25) is 5.91 Å². The molecule has 1 saturated carbocycles. The number of rotatable bonds is 6. The van der Waals surface area contributed by atoms with Crippen LogP contribution in [-0.2, 0) is 9.53 Å². The summed E-state index contributed by atoms with van der Waals surface area (Å²) < 4.78 is 18.7. The number of fused-ring (bicyclic) bond motifs is 1. The summed E-state index contributed by atoms with van der Waals surface area (Å²) in [6.45, 7) is 3.88. The van der Waals surface area contributed by atoms with E-state index in [4.69, 9.17) is 30.6 Å². The number of halogens is 1. The number of hydrogen-bond acceptors (Lipinski definition) is 6. The number of carbonyl (C=O) groups is 1. The topological polar surface area (TPSA) is 82.6 Å². The maximum absolute atomic E-state index is 12.9. The molecule has 2 aliphatic rings. The number of carbonyl (C=O) groups excluding carboxylic acids is 1. The van der Waals surface area contributed by atoms with Gasteiger partial charge in [0.1, 0.15) is 23.4 Å². The minimum absolute atomic E-state index is 0.0503. The van der Waals surface area contributed by atoms with Crippen LogP contribution >= 0.6 is 11.6 Å². The summed E-state index contributed by atoms with van der Waals surface area (Å²) in [5.41, 5.74) is 5.59. The van der Waals surface area contributed by atoms with Crippen LogP contribution in [0.15, 0.2) is 40.9 Å². The van der Waals surface area contributed by atoms with E-state index in [1.807, 2.05) is 19.9 Å². The van der Waals surface area contributed by atoms with Crippen molar-refractivity contribution in [3.63, 3.8) is 0 Å². The Morgan fingerprint density at radius 3 is 2.47 bits per heavy atom. The summed E-state index contributed by atoms with van der Waals surface area (Å²) >= 11 is 6.42. The van der Waals surface area contributed by atoms with E-state index < -0.39 is 0 Å². The van der Waals surface area contributed by atoms with Crippen molar-refractivity contribution in [3.05, 3.63) is 58.7 Å². The van der Waals surface area contributed by atoms with Crippen molar-refractivity contribution in [1.82, 2.24) is 14.7 Å². The van der Waals surface area contributed by atoms with Crippen LogP contribution in [0.1, 0.15) is 61.5 Å². The fourth-order valence-corrected chi connectivity index (χ4v) is 6.33. The smallest absolute Gasteiger partial charge is 0.230 e. The van der Waals surface area contributed by atoms with Crippen LogP contribution in [0, 0.1) is 13.8 Å². The molecule has 1 saturated heterocycles. The third-order valence-electron chi connectivity index (χ3n) is 8.04. The SMILES string of the molecule is COc1ccc(N2C(=O)C[C@H]2c2nc3cc(-c4c(C)noc4C)ccc3n2C2CCC(OC)CC2)cc1Cl. The highest BCUT2D eigenvalue weighted by Gasteiger charge is 2.43. The van der Waals surface area contributed by atoms with Gasteiger partial charge in [-0.1, -0.05) is 22.8 Å². The lowest BCUT2D eigenvalue weighted by atomic mass is 9.91. The van der Waals surface area contributed by atoms with Gasteiger partial charge in [0, 0.05) is 24.4 Å². The van der Waals surface area contributed by atoms with Crippen molar-refractivity contribution in [2.45, 2.75) is 64.1 Å². The van der Waals surface area contributed by atoms with E-state index in [-0.39, 0.29) is 18.0 Å². The van der Waals surface area contributed by atoms with Crippen LogP contribution in [-0.4, -0.2) is 40.9 Å². The van der Waals surface area contributed by atoms with E-state index in [1.54, 1.807) is 31.3 Å². The van der Waals surface area contributed by atoms with Gasteiger partial charge in [-0.3, -0.25) is 4.79 Å². The molecule has 8 nitrogen and oxygen atoms in total. The summed E-state index contributed by atoms with van der Waals surface area (Å²) in [7, 11) is 3.37. The van der Waals surface area contributed by atoms with Gasteiger partial charge in [-0.15, -0.1) is 0 Å². The molecule has 0 bridgehead atoms. The highest BCUT2D eigenvalue weighted by atomic mass is 35.5. The molecule has 1 atom stereocenters. The van der Waals surface area contributed by atoms with Gasteiger partial charge in [0.05, 0.1) is 41.4 Å². The lowest BCUT2D eigenvalue weighted by Gasteiger charge is -2.41. The molecule has 2 fully saturated rings. The third kappa shape index (κ3) is 4.07. The van der Waals surface area contributed by atoms with Crippen molar-refractivity contribution in [3.8, 4) is 16.9 Å². The second kappa shape index (κ2) is 9.75. The number of nitrogens with zero attached hydrogens (tertiary/aromatic N) is 4. The third-order valence-corrected chi connectivity index (χ3v) is 8.34. The van der Waals surface area contributed by atoms with Gasteiger partial charge < -0.3 is 23.5 Å². The number of hydrogen-bond donors (Lipinski definition) is 0. The largest absolute Gasteiger partial charge is 0.495 e. The fourth-order valence-electron chi connectivity index (χ4n) is 6.08. The van der Waals surface area contributed by atoms with Crippen LogP contribution in [0.3, 0.4) is 0 Å². The number of ether oxygens (including phenoxy) is 2. The first-order valence-corrected chi connectivity index (χ1v) is 13.4. The zero-order valence-electron chi connectivity index (χ0n) is 22.0. The molecule has 0 N–H and O–H groups in total. The lowest BCUT2D eigenvalue weighted by molar-refractivity contribution is -0.124. The van der Waals surface area contributed by atoms with Crippen LogP contribution < -0.4 is 9.64 Å². The quantitative estimate of drug-likeness (QED) is 0.260. The van der Waals surface area contributed by atoms with E-state index in [2.05, 4.69) is 27.9 Å². The molecule has 3 heterocycles. The molecule has 0 radical (unpaired) electrons. The molecule has 2 aromatic heterocycles. The van der Waals surface area contributed by atoms with Crippen molar-refractivity contribution < 1.29 is 18.8 Å². The monoisotopic (exact) mass is 534 g/mol. The molecule has 6 rings (SSSR count). The van der Waals surface area contributed by atoms with Crippen LogP contribution in [0.2, 0.25) is 5.02 Å². The Balaban J connectivity index is 1.45. The molecule has 2 aromatic carbocycles. The molecule has 0 unspecified atom stereocenters. The van der Waals surface area contributed by atoms with Crippen molar-refractivity contribution in [1.29, 1.82) is 0 Å². The second-order valence-electron chi connectivity index (χ2n) is 10.2. The molecule has 9 heteroatoms. The molecular weight excluding hydrogens is 504 g/mol. The summed E-state index contributed by atoms with van der Waals surface area (Å²) in [5.74, 6) is 2.32. The Morgan fingerprint density at radius 2 is 1.84 bits per heavy atom. The maximum Gasteiger partial charge on any atom is 0.230 e. The number of benzene rings is 2. The van der Waals surface area contributed by atoms with Gasteiger partial charge in [-0.25, -0.2) is 4.98 Å². The second-order valence-corrected chi connectivity index (χ2v) is 10.6. The van der Waals surface area contributed by atoms with Crippen LogP contribution in [0.25, 0.3) is 22.2 Å². The minimum Gasteiger partial charge on any atom is -0.495 e. The number of imidazole rings is 1. The average molecular weight is 535 g/mol. The van der Waals surface area contributed by atoms with E-state index >= 15 is 0 Å². The minimum atomic E-state index is -0.179. The molecule has 0 spiro atoms. The summed E-state index contributed by atoms with van der Waals surface area (Å²) in [4.78, 5) is 19.9. The molecule has 198 valence electrons. The zero-order valence-corrected chi connectivity index (χ0v) is 22.8.